The van der Waals surface area contributed by atoms with Gasteiger partial charge in [-0.25, -0.2) is 12.8 Å². The molecule has 1 aliphatic heterocycles. The molecule has 2 amide bonds. The van der Waals surface area contributed by atoms with E-state index in [0.29, 0.717) is 0 Å². The van der Waals surface area contributed by atoms with Crippen molar-refractivity contribution in [2.45, 2.75) is 66.2 Å². The highest BCUT2D eigenvalue weighted by Crippen LogP contribution is 2.53. The number of benzene rings is 1. The molecule has 0 spiro atoms. The predicted octanol–water partition coefficient (Wildman–Crippen LogP) is 4.55. The third kappa shape index (κ3) is 5.10. The zero-order valence-electron chi connectivity index (χ0n) is 23.0. The SMILES string of the molecule is Cc1cc(-c2ccc(S(=O)(=O)[C@H]3CN[C@H](C(=O)N(C(=O)C4(c5ncc(Cl)cc5F)CC4)C4(C#N)CC4)C3)c(Cl)c2)ccn1. The van der Waals surface area contributed by atoms with Crippen LogP contribution in [0.2, 0.25) is 10.0 Å². The van der Waals surface area contributed by atoms with E-state index >= 15 is 0 Å². The van der Waals surface area contributed by atoms with Gasteiger partial charge in [0.15, 0.2) is 9.84 Å². The molecule has 222 valence electrons. The number of rotatable bonds is 7. The summed E-state index contributed by atoms with van der Waals surface area (Å²) in [6.45, 7) is 1.79. The van der Waals surface area contributed by atoms with Gasteiger partial charge in [-0.1, -0.05) is 29.3 Å². The summed E-state index contributed by atoms with van der Waals surface area (Å²) < 4.78 is 42.2. The molecule has 0 bridgehead atoms. The highest BCUT2D eigenvalue weighted by atomic mass is 35.5. The van der Waals surface area contributed by atoms with Crippen molar-refractivity contribution in [3.05, 3.63) is 76.0 Å². The Labute approximate surface area is 257 Å². The Balaban J connectivity index is 1.25. The Morgan fingerprint density at radius 2 is 1.81 bits per heavy atom. The Kier molecular flexibility index (Phi) is 7.32. The van der Waals surface area contributed by atoms with Crippen molar-refractivity contribution in [2.24, 2.45) is 0 Å². The molecular weight excluding hydrogens is 616 g/mol. The molecule has 3 fully saturated rings. The summed E-state index contributed by atoms with van der Waals surface area (Å²) in [6, 6.07) is 10.5. The van der Waals surface area contributed by atoms with Gasteiger partial charge in [0.1, 0.15) is 11.4 Å². The van der Waals surface area contributed by atoms with Gasteiger partial charge >= 0.3 is 0 Å². The van der Waals surface area contributed by atoms with Crippen LogP contribution in [0.5, 0.6) is 0 Å². The van der Waals surface area contributed by atoms with Crippen molar-refractivity contribution in [2.75, 3.05) is 6.54 Å². The Bertz CT molecular complexity index is 1820. The summed E-state index contributed by atoms with van der Waals surface area (Å²) in [6.07, 6.45) is 3.83. The van der Waals surface area contributed by atoms with Gasteiger partial charge in [-0.05, 0) is 80.5 Å². The van der Waals surface area contributed by atoms with Crippen molar-refractivity contribution in [1.29, 1.82) is 5.26 Å². The van der Waals surface area contributed by atoms with Crippen LogP contribution in [0.25, 0.3) is 11.1 Å². The number of hydrogen-bond acceptors (Lipinski definition) is 8. The number of nitriles is 1. The van der Waals surface area contributed by atoms with Crippen LogP contribution in [0.3, 0.4) is 0 Å². The lowest BCUT2D eigenvalue weighted by Crippen LogP contribution is -2.55. The Hall–Kier alpha value is -3.43. The molecule has 2 aliphatic carbocycles. The van der Waals surface area contributed by atoms with E-state index in [2.05, 4.69) is 21.4 Å². The van der Waals surface area contributed by atoms with Crippen LogP contribution in [0, 0.1) is 24.1 Å². The van der Waals surface area contributed by atoms with E-state index in [1.165, 1.54) is 12.3 Å². The fourth-order valence-electron chi connectivity index (χ4n) is 5.77. The first-order valence-electron chi connectivity index (χ1n) is 13.7. The number of nitrogens with one attached hydrogen (secondary N) is 1. The number of halogens is 3. The van der Waals surface area contributed by atoms with Crippen molar-refractivity contribution in [3.63, 3.8) is 0 Å². The molecule has 3 heterocycles. The summed E-state index contributed by atoms with van der Waals surface area (Å²) in [4.78, 5) is 37.0. The van der Waals surface area contributed by atoms with Crippen LogP contribution in [0.4, 0.5) is 4.39 Å². The van der Waals surface area contributed by atoms with Gasteiger partial charge in [-0.15, -0.1) is 0 Å². The third-order valence-electron chi connectivity index (χ3n) is 8.50. The second kappa shape index (κ2) is 10.6. The minimum atomic E-state index is -3.98. The lowest BCUT2D eigenvalue weighted by Gasteiger charge is -2.31. The van der Waals surface area contributed by atoms with Gasteiger partial charge in [0.2, 0.25) is 11.8 Å². The average Bonchev–Trinajstić information content (AvgIpc) is 3.89. The molecule has 0 radical (unpaired) electrons. The number of aryl methyl sites for hydroxylation is 1. The number of sulfone groups is 1. The predicted molar refractivity (Wildman–Crippen MR) is 156 cm³/mol. The number of amides is 2. The van der Waals surface area contributed by atoms with Crippen LogP contribution in [-0.2, 0) is 24.8 Å². The van der Waals surface area contributed by atoms with Crippen LogP contribution >= 0.6 is 23.2 Å². The summed E-state index contributed by atoms with van der Waals surface area (Å²) in [7, 11) is -3.98. The van der Waals surface area contributed by atoms with Crippen LogP contribution in [-0.4, -0.2) is 58.5 Å². The molecule has 1 aromatic carbocycles. The molecule has 3 aliphatic rings. The van der Waals surface area contributed by atoms with Gasteiger partial charge < -0.3 is 5.32 Å². The molecule has 3 aromatic rings. The molecule has 6 rings (SSSR count). The van der Waals surface area contributed by atoms with Gasteiger partial charge in [-0.3, -0.25) is 24.5 Å². The lowest BCUT2D eigenvalue weighted by molar-refractivity contribution is -0.150. The molecule has 2 aromatic heterocycles. The first-order chi connectivity index (χ1) is 20.4. The minimum Gasteiger partial charge on any atom is -0.304 e. The number of hydrogen-bond donors (Lipinski definition) is 1. The number of aromatic nitrogens is 2. The second-order valence-electron chi connectivity index (χ2n) is 11.4. The first-order valence-corrected chi connectivity index (χ1v) is 16.0. The second-order valence-corrected chi connectivity index (χ2v) is 14.4. The maximum absolute atomic E-state index is 14.9. The zero-order valence-corrected chi connectivity index (χ0v) is 25.3. The van der Waals surface area contributed by atoms with E-state index in [0.717, 1.165) is 27.8 Å². The Morgan fingerprint density at radius 3 is 2.42 bits per heavy atom. The quantitative estimate of drug-likeness (QED) is 0.372. The topological polar surface area (TPSA) is 133 Å². The molecule has 43 heavy (non-hydrogen) atoms. The number of imide groups is 1. The maximum Gasteiger partial charge on any atom is 0.247 e. The van der Waals surface area contributed by atoms with Crippen molar-refractivity contribution >= 4 is 44.9 Å². The van der Waals surface area contributed by atoms with Crippen molar-refractivity contribution < 1.29 is 22.4 Å². The van der Waals surface area contributed by atoms with E-state index in [-0.39, 0.29) is 59.3 Å². The van der Waals surface area contributed by atoms with Crippen molar-refractivity contribution in [1.82, 2.24) is 20.2 Å². The molecule has 1 saturated heterocycles. The summed E-state index contributed by atoms with van der Waals surface area (Å²) >= 11 is 12.3. The lowest BCUT2D eigenvalue weighted by atomic mass is 9.96. The Morgan fingerprint density at radius 1 is 1.09 bits per heavy atom. The number of carbonyl (C=O) groups is 2. The third-order valence-corrected chi connectivity index (χ3v) is 11.3. The van der Waals surface area contributed by atoms with Crippen LogP contribution in [0.1, 0.15) is 43.5 Å². The van der Waals surface area contributed by atoms with Crippen LogP contribution < -0.4 is 5.32 Å². The highest BCUT2D eigenvalue weighted by Gasteiger charge is 2.64. The summed E-state index contributed by atoms with van der Waals surface area (Å²) in [5.74, 6) is -2.18. The minimum absolute atomic E-state index is 0.0492. The summed E-state index contributed by atoms with van der Waals surface area (Å²) in [5, 5.41) is 12.0. The first kappa shape index (κ1) is 29.6. The molecule has 1 N–H and O–H groups in total. The molecular formula is C30H26Cl2FN5O4S. The molecule has 9 nitrogen and oxygen atoms in total. The molecule has 0 unspecified atom stereocenters. The van der Waals surface area contributed by atoms with Crippen molar-refractivity contribution in [3.8, 4) is 17.2 Å². The van der Waals surface area contributed by atoms with Crippen LogP contribution in [0.15, 0.2) is 53.7 Å². The van der Waals surface area contributed by atoms with Gasteiger partial charge in [0.05, 0.1) is 43.4 Å². The number of pyridine rings is 2. The van der Waals surface area contributed by atoms with E-state index in [9.17, 15) is 27.7 Å². The maximum atomic E-state index is 14.9. The molecule has 13 heteroatoms. The van der Waals surface area contributed by atoms with Gasteiger partial charge in [0.25, 0.3) is 0 Å². The number of carbonyl (C=O) groups excluding carboxylic acids is 2. The van der Waals surface area contributed by atoms with E-state index in [4.69, 9.17) is 23.2 Å². The molecule has 2 atom stereocenters. The standard InChI is InChI=1S/C30H26Cl2FN5O4S/c1-17-10-19(4-9-35-17)18-2-3-25(22(32)11-18)43(41,42)21-13-24(36-15-21)27(39)38(29(16-34)5-6-29)28(40)30(7-8-30)26-23(33)12-20(31)14-37-26/h2-4,9-12,14,21,24,36H,5-8,13,15H2,1H3/t21-,24+/m1/s1. The van der Waals surface area contributed by atoms with E-state index in [1.54, 1.807) is 24.4 Å². The average molecular weight is 643 g/mol. The van der Waals surface area contributed by atoms with Gasteiger partial charge in [0, 0.05) is 24.6 Å². The van der Waals surface area contributed by atoms with Gasteiger partial charge in [-0.2, -0.15) is 5.26 Å². The summed E-state index contributed by atoms with van der Waals surface area (Å²) in [5.41, 5.74) is -0.498. The molecule has 2 saturated carbocycles. The smallest absolute Gasteiger partial charge is 0.247 e. The fraction of sp³-hybridized carbons (Fsp3) is 0.367. The zero-order chi connectivity index (χ0) is 30.7. The van der Waals surface area contributed by atoms with E-state index < -0.39 is 49.7 Å². The fourth-order valence-corrected chi connectivity index (χ4v) is 8.12. The monoisotopic (exact) mass is 641 g/mol. The van der Waals surface area contributed by atoms with E-state index in [1.807, 2.05) is 13.0 Å². The largest absolute Gasteiger partial charge is 0.304 e. The normalized spacial score (nSPS) is 21.6. The highest BCUT2D eigenvalue weighted by molar-refractivity contribution is 7.92. The number of nitrogens with zero attached hydrogens (tertiary/aromatic N) is 4.